The van der Waals surface area contributed by atoms with Gasteiger partial charge in [0.15, 0.2) is 0 Å². The first kappa shape index (κ1) is 14.5. The van der Waals surface area contributed by atoms with Crippen molar-refractivity contribution in [3.05, 3.63) is 35.6 Å². The maximum absolute atomic E-state index is 13.0. The van der Waals surface area contributed by atoms with Crippen LogP contribution in [0.3, 0.4) is 0 Å². The summed E-state index contributed by atoms with van der Waals surface area (Å²) in [4.78, 5) is 0. The van der Waals surface area contributed by atoms with Gasteiger partial charge in [0.1, 0.15) is 5.82 Å². The summed E-state index contributed by atoms with van der Waals surface area (Å²) in [6.45, 7) is 4.52. The minimum absolute atomic E-state index is 0.148. The van der Waals surface area contributed by atoms with E-state index in [2.05, 4.69) is 19.2 Å². The van der Waals surface area contributed by atoms with Gasteiger partial charge in [-0.05, 0) is 49.8 Å². The molecule has 0 heterocycles. The highest BCUT2D eigenvalue weighted by Crippen LogP contribution is 2.31. The minimum Gasteiger partial charge on any atom is -0.307 e. The van der Waals surface area contributed by atoms with Crippen molar-refractivity contribution < 1.29 is 4.39 Å². The van der Waals surface area contributed by atoms with Gasteiger partial charge in [0, 0.05) is 12.1 Å². The quantitative estimate of drug-likeness (QED) is 0.742. The van der Waals surface area contributed by atoms with Crippen LogP contribution in [-0.2, 0) is 0 Å². The molecular formula is C17H26FN. The number of hydrogen-bond acceptors (Lipinski definition) is 1. The molecule has 1 nitrogen and oxygen atoms in total. The highest BCUT2D eigenvalue weighted by atomic mass is 19.1. The van der Waals surface area contributed by atoms with E-state index in [1.54, 1.807) is 12.1 Å². The summed E-state index contributed by atoms with van der Waals surface area (Å²) in [6.07, 6.45) is 7.66. The SMILES string of the molecule is CCCCC(NC(C)C1CCC1)c1ccc(F)cc1. The largest absolute Gasteiger partial charge is 0.307 e. The van der Waals surface area contributed by atoms with Gasteiger partial charge in [0.25, 0.3) is 0 Å². The van der Waals surface area contributed by atoms with E-state index in [4.69, 9.17) is 0 Å². The Bertz CT molecular complexity index is 369. The van der Waals surface area contributed by atoms with Crippen molar-refractivity contribution in [2.45, 2.75) is 64.5 Å². The topological polar surface area (TPSA) is 12.0 Å². The lowest BCUT2D eigenvalue weighted by atomic mass is 9.80. The predicted octanol–water partition coefficient (Wildman–Crippen LogP) is 4.84. The molecule has 0 amide bonds. The number of nitrogens with one attached hydrogen (secondary N) is 1. The van der Waals surface area contributed by atoms with Gasteiger partial charge in [-0.2, -0.15) is 0 Å². The van der Waals surface area contributed by atoms with Crippen molar-refractivity contribution in [1.82, 2.24) is 5.32 Å². The van der Waals surface area contributed by atoms with Crippen molar-refractivity contribution >= 4 is 0 Å². The third-order valence-corrected chi connectivity index (χ3v) is 4.44. The number of halogens is 1. The molecule has 2 atom stereocenters. The average molecular weight is 263 g/mol. The number of benzene rings is 1. The molecule has 19 heavy (non-hydrogen) atoms. The Morgan fingerprint density at radius 2 is 1.95 bits per heavy atom. The van der Waals surface area contributed by atoms with Crippen LogP contribution >= 0.6 is 0 Å². The standard InChI is InChI=1S/C17H26FN/c1-3-4-8-17(15-9-11-16(18)12-10-15)19-13(2)14-6-5-7-14/h9-14,17,19H,3-8H2,1-2H3. The highest BCUT2D eigenvalue weighted by molar-refractivity contribution is 5.20. The monoisotopic (exact) mass is 263 g/mol. The van der Waals surface area contributed by atoms with Gasteiger partial charge in [0.2, 0.25) is 0 Å². The summed E-state index contributed by atoms with van der Waals surface area (Å²) in [5.41, 5.74) is 1.22. The lowest BCUT2D eigenvalue weighted by molar-refractivity contribution is 0.223. The summed E-state index contributed by atoms with van der Waals surface area (Å²) in [6, 6.07) is 7.94. The molecule has 0 aromatic heterocycles. The first-order valence-electron chi connectivity index (χ1n) is 7.72. The molecule has 106 valence electrons. The maximum atomic E-state index is 13.0. The predicted molar refractivity (Wildman–Crippen MR) is 78.6 cm³/mol. The summed E-state index contributed by atoms with van der Waals surface area (Å²) < 4.78 is 13.0. The smallest absolute Gasteiger partial charge is 0.123 e. The van der Waals surface area contributed by atoms with Crippen molar-refractivity contribution in [3.8, 4) is 0 Å². The van der Waals surface area contributed by atoms with Crippen LogP contribution in [-0.4, -0.2) is 6.04 Å². The molecule has 0 bridgehead atoms. The summed E-state index contributed by atoms with van der Waals surface area (Å²) in [5, 5.41) is 3.77. The van der Waals surface area contributed by atoms with Crippen molar-refractivity contribution in [1.29, 1.82) is 0 Å². The molecule has 2 unspecified atom stereocenters. The lowest BCUT2D eigenvalue weighted by Gasteiger charge is -2.35. The molecule has 0 aliphatic heterocycles. The van der Waals surface area contributed by atoms with Crippen LogP contribution < -0.4 is 5.32 Å². The first-order chi connectivity index (χ1) is 9.20. The second kappa shape index (κ2) is 7.04. The highest BCUT2D eigenvalue weighted by Gasteiger charge is 2.25. The van der Waals surface area contributed by atoms with Crippen LogP contribution in [0.25, 0.3) is 0 Å². The molecule has 0 radical (unpaired) electrons. The van der Waals surface area contributed by atoms with Gasteiger partial charge in [-0.3, -0.25) is 0 Å². The van der Waals surface area contributed by atoms with Gasteiger partial charge in [-0.15, -0.1) is 0 Å². The Morgan fingerprint density at radius 3 is 2.47 bits per heavy atom. The van der Waals surface area contributed by atoms with E-state index in [1.807, 2.05) is 12.1 Å². The molecule has 1 fully saturated rings. The van der Waals surface area contributed by atoms with E-state index in [9.17, 15) is 4.39 Å². The molecule has 0 saturated heterocycles. The van der Waals surface area contributed by atoms with E-state index >= 15 is 0 Å². The molecule has 2 rings (SSSR count). The van der Waals surface area contributed by atoms with Crippen LogP contribution in [0.2, 0.25) is 0 Å². The van der Waals surface area contributed by atoms with Crippen LogP contribution in [0, 0.1) is 11.7 Å². The Hall–Kier alpha value is -0.890. The van der Waals surface area contributed by atoms with E-state index in [1.165, 1.54) is 37.7 Å². The molecule has 2 heteroatoms. The summed E-state index contributed by atoms with van der Waals surface area (Å²) >= 11 is 0. The fraction of sp³-hybridized carbons (Fsp3) is 0.647. The molecule has 0 spiro atoms. The van der Waals surface area contributed by atoms with Gasteiger partial charge in [0.05, 0.1) is 0 Å². The van der Waals surface area contributed by atoms with Crippen LogP contribution in [0.15, 0.2) is 24.3 Å². The average Bonchev–Trinajstić information content (AvgIpc) is 2.33. The zero-order chi connectivity index (χ0) is 13.7. The molecule has 1 saturated carbocycles. The molecule has 1 aliphatic rings. The first-order valence-corrected chi connectivity index (χ1v) is 7.72. The Labute approximate surface area is 116 Å². The summed E-state index contributed by atoms with van der Waals surface area (Å²) in [5.74, 6) is 0.689. The Kier molecular flexibility index (Phi) is 5.38. The van der Waals surface area contributed by atoms with Crippen LogP contribution in [0.4, 0.5) is 4.39 Å². The van der Waals surface area contributed by atoms with Gasteiger partial charge >= 0.3 is 0 Å². The normalized spacial score (nSPS) is 18.9. The Balaban J connectivity index is 1.99. The van der Waals surface area contributed by atoms with E-state index in [-0.39, 0.29) is 5.82 Å². The second-order valence-corrected chi connectivity index (χ2v) is 5.89. The third-order valence-electron chi connectivity index (χ3n) is 4.44. The van der Waals surface area contributed by atoms with Crippen molar-refractivity contribution in [3.63, 3.8) is 0 Å². The lowest BCUT2D eigenvalue weighted by Crippen LogP contribution is -2.39. The third kappa shape index (κ3) is 4.04. The molecule has 1 N–H and O–H groups in total. The van der Waals surface area contributed by atoms with Gasteiger partial charge in [-0.25, -0.2) is 4.39 Å². The fourth-order valence-electron chi connectivity index (χ4n) is 2.84. The van der Waals surface area contributed by atoms with E-state index in [0.29, 0.717) is 12.1 Å². The molecule has 1 aromatic carbocycles. The van der Waals surface area contributed by atoms with E-state index in [0.717, 1.165) is 12.3 Å². The number of rotatable bonds is 7. The number of unbranched alkanes of at least 4 members (excludes halogenated alkanes) is 1. The minimum atomic E-state index is -0.148. The maximum Gasteiger partial charge on any atom is 0.123 e. The van der Waals surface area contributed by atoms with Crippen LogP contribution in [0.1, 0.15) is 64.0 Å². The zero-order valence-electron chi connectivity index (χ0n) is 12.2. The number of hydrogen-bond donors (Lipinski definition) is 1. The van der Waals surface area contributed by atoms with Crippen molar-refractivity contribution in [2.24, 2.45) is 5.92 Å². The molecular weight excluding hydrogens is 237 g/mol. The van der Waals surface area contributed by atoms with Gasteiger partial charge in [-0.1, -0.05) is 38.3 Å². The van der Waals surface area contributed by atoms with Crippen LogP contribution in [0.5, 0.6) is 0 Å². The molecule has 1 aromatic rings. The zero-order valence-corrected chi connectivity index (χ0v) is 12.2. The Morgan fingerprint density at radius 1 is 1.26 bits per heavy atom. The fourth-order valence-corrected chi connectivity index (χ4v) is 2.84. The van der Waals surface area contributed by atoms with E-state index < -0.39 is 0 Å². The summed E-state index contributed by atoms with van der Waals surface area (Å²) in [7, 11) is 0. The van der Waals surface area contributed by atoms with Gasteiger partial charge < -0.3 is 5.32 Å². The molecule has 1 aliphatic carbocycles. The second-order valence-electron chi connectivity index (χ2n) is 5.89. The van der Waals surface area contributed by atoms with Crippen molar-refractivity contribution in [2.75, 3.05) is 0 Å².